The molecule has 33 heavy (non-hydrogen) atoms. The lowest BCUT2D eigenvalue weighted by atomic mass is 10.1. The molecule has 0 fully saturated rings. The first kappa shape index (κ1) is 25.3. The molecule has 1 N–H and O–H groups in total. The molecule has 2 aromatic rings. The van der Waals surface area contributed by atoms with Crippen LogP contribution in [0, 0.1) is 0 Å². The molecule has 2 aromatic carbocycles. The van der Waals surface area contributed by atoms with Crippen LogP contribution in [0.15, 0.2) is 51.8 Å². The zero-order valence-corrected chi connectivity index (χ0v) is 20.0. The van der Waals surface area contributed by atoms with Crippen LogP contribution in [-0.4, -0.2) is 51.8 Å². The molecule has 0 saturated heterocycles. The van der Waals surface area contributed by atoms with E-state index in [4.69, 9.17) is 9.84 Å². The standard InChI is InChI=1S/C21H22BrF3N2O5S/c1-14(32-13-20(28)29)7-8-26-9-10-27(19-12-16(22)5-6-18(19)26)33(30,31)17-4-2-3-15(11-17)21(23,24)25/h2-6,11-12,14H,7-10,13H2,1H3,(H,28,29). The lowest BCUT2D eigenvalue weighted by molar-refractivity contribution is -0.144. The Hall–Kier alpha value is -2.31. The molecule has 180 valence electrons. The Morgan fingerprint density at radius 1 is 1.18 bits per heavy atom. The first-order chi connectivity index (χ1) is 15.4. The van der Waals surface area contributed by atoms with Gasteiger partial charge in [-0.2, -0.15) is 13.2 Å². The monoisotopic (exact) mass is 550 g/mol. The van der Waals surface area contributed by atoms with Crippen LogP contribution in [0.5, 0.6) is 0 Å². The molecule has 3 rings (SSSR count). The fourth-order valence-electron chi connectivity index (χ4n) is 3.49. The molecule has 0 spiro atoms. The number of anilines is 2. The highest BCUT2D eigenvalue weighted by Crippen LogP contribution is 2.39. The summed E-state index contributed by atoms with van der Waals surface area (Å²) in [5, 5.41) is 8.73. The van der Waals surface area contributed by atoms with E-state index in [9.17, 15) is 26.4 Å². The average molecular weight is 551 g/mol. The summed E-state index contributed by atoms with van der Waals surface area (Å²) in [6.45, 7) is 2.16. The van der Waals surface area contributed by atoms with E-state index in [1.807, 2.05) is 4.90 Å². The van der Waals surface area contributed by atoms with Crippen molar-refractivity contribution in [1.29, 1.82) is 0 Å². The molecular formula is C21H22BrF3N2O5S. The molecule has 1 heterocycles. The number of alkyl halides is 3. The van der Waals surface area contributed by atoms with E-state index in [1.54, 1.807) is 25.1 Å². The van der Waals surface area contributed by atoms with Crippen molar-refractivity contribution in [3.05, 3.63) is 52.5 Å². The summed E-state index contributed by atoms with van der Waals surface area (Å²) >= 11 is 3.33. The van der Waals surface area contributed by atoms with Gasteiger partial charge < -0.3 is 14.7 Å². The summed E-state index contributed by atoms with van der Waals surface area (Å²) in [6.07, 6.45) is -4.49. The van der Waals surface area contributed by atoms with Gasteiger partial charge in [-0.3, -0.25) is 4.31 Å². The van der Waals surface area contributed by atoms with E-state index < -0.39 is 39.2 Å². The number of carboxylic acid groups (broad SMARTS) is 1. The zero-order chi connectivity index (χ0) is 24.4. The van der Waals surface area contributed by atoms with Gasteiger partial charge in [0.15, 0.2) is 0 Å². The summed E-state index contributed by atoms with van der Waals surface area (Å²) in [7, 11) is -4.25. The smallest absolute Gasteiger partial charge is 0.416 e. The summed E-state index contributed by atoms with van der Waals surface area (Å²) in [4.78, 5) is 12.2. The van der Waals surface area contributed by atoms with Gasteiger partial charge in [0, 0.05) is 17.6 Å². The summed E-state index contributed by atoms with van der Waals surface area (Å²) < 4.78 is 73.0. The number of nitrogens with zero attached hydrogens (tertiary/aromatic N) is 2. The molecule has 0 saturated carbocycles. The number of ether oxygens (including phenoxy) is 1. The quantitative estimate of drug-likeness (QED) is 0.525. The molecule has 0 aliphatic carbocycles. The van der Waals surface area contributed by atoms with E-state index in [2.05, 4.69) is 15.9 Å². The van der Waals surface area contributed by atoms with Crippen molar-refractivity contribution in [3.63, 3.8) is 0 Å². The predicted molar refractivity (Wildman–Crippen MR) is 120 cm³/mol. The second-order valence-electron chi connectivity index (χ2n) is 7.53. The van der Waals surface area contributed by atoms with Crippen molar-refractivity contribution >= 4 is 43.3 Å². The van der Waals surface area contributed by atoms with Crippen LogP contribution < -0.4 is 9.21 Å². The Morgan fingerprint density at radius 3 is 2.58 bits per heavy atom. The minimum atomic E-state index is -4.66. The third kappa shape index (κ3) is 5.98. The lowest BCUT2D eigenvalue weighted by Crippen LogP contribution is -2.44. The van der Waals surface area contributed by atoms with Gasteiger partial charge in [-0.1, -0.05) is 22.0 Å². The number of carboxylic acids is 1. The maximum Gasteiger partial charge on any atom is 0.416 e. The fourth-order valence-corrected chi connectivity index (χ4v) is 5.35. The number of aliphatic carboxylic acids is 1. The van der Waals surface area contributed by atoms with Gasteiger partial charge in [0.1, 0.15) is 6.61 Å². The van der Waals surface area contributed by atoms with E-state index in [1.165, 1.54) is 0 Å². The van der Waals surface area contributed by atoms with Gasteiger partial charge in [-0.15, -0.1) is 0 Å². The third-order valence-electron chi connectivity index (χ3n) is 5.17. The first-order valence-corrected chi connectivity index (χ1v) is 12.2. The number of hydrogen-bond acceptors (Lipinski definition) is 5. The van der Waals surface area contributed by atoms with Crippen molar-refractivity contribution in [2.45, 2.75) is 30.5 Å². The van der Waals surface area contributed by atoms with Crippen LogP contribution in [0.3, 0.4) is 0 Å². The van der Waals surface area contributed by atoms with Crippen molar-refractivity contribution in [2.75, 3.05) is 35.4 Å². The normalized spacial score (nSPS) is 15.3. The fraction of sp³-hybridized carbons (Fsp3) is 0.381. The van der Waals surface area contributed by atoms with E-state index in [-0.39, 0.29) is 12.6 Å². The molecule has 0 aromatic heterocycles. The Balaban J connectivity index is 1.88. The predicted octanol–water partition coefficient (Wildman–Crippen LogP) is 4.36. The largest absolute Gasteiger partial charge is 0.480 e. The van der Waals surface area contributed by atoms with Crippen molar-refractivity contribution in [1.82, 2.24) is 0 Å². The summed E-state index contributed by atoms with van der Waals surface area (Å²) in [5.74, 6) is -1.06. The van der Waals surface area contributed by atoms with E-state index >= 15 is 0 Å². The maximum absolute atomic E-state index is 13.3. The van der Waals surface area contributed by atoms with Crippen molar-refractivity contribution in [3.8, 4) is 0 Å². The van der Waals surface area contributed by atoms with Gasteiger partial charge in [0.2, 0.25) is 0 Å². The number of fused-ring (bicyclic) bond motifs is 1. The Bertz CT molecular complexity index is 1130. The Labute approximate surface area is 197 Å². The molecule has 12 heteroatoms. The van der Waals surface area contributed by atoms with Gasteiger partial charge in [-0.25, -0.2) is 13.2 Å². The minimum absolute atomic E-state index is 0.0341. The highest BCUT2D eigenvalue weighted by atomic mass is 79.9. The molecular weight excluding hydrogens is 529 g/mol. The molecule has 0 bridgehead atoms. The van der Waals surface area contributed by atoms with Crippen LogP contribution in [0.1, 0.15) is 18.9 Å². The van der Waals surface area contributed by atoms with Crippen LogP contribution in [0.4, 0.5) is 24.5 Å². The SMILES string of the molecule is CC(CCN1CCN(S(=O)(=O)c2cccc(C(F)(F)F)c2)c2cc(Br)ccc21)OCC(=O)O. The number of halogens is 4. The topological polar surface area (TPSA) is 87.2 Å². The van der Waals surface area contributed by atoms with Crippen LogP contribution in [0.25, 0.3) is 0 Å². The van der Waals surface area contributed by atoms with Gasteiger partial charge in [-0.05, 0) is 49.7 Å². The molecule has 1 aliphatic rings. The number of hydrogen-bond donors (Lipinski definition) is 1. The van der Waals surface area contributed by atoms with Crippen molar-refractivity contribution in [2.24, 2.45) is 0 Å². The average Bonchev–Trinajstić information content (AvgIpc) is 2.75. The number of benzene rings is 2. The first-order valence-electron chi connectivity index (χ1n) is 9.97. The molecule has 1 aliphatic heterocycles. The van der Waals surface area contributed by atoms with Crippen LogP contribution in [0.2, 0.25) is 0 Å². The minimum Gasteiger partial charge on any atom is -0.480 e. The summed E-state index contributed by atoms with van der Waals surface area (Å²) in [5.41, 5.74) is -0.0930. The van der Waals surface area contributed by atoms with E-state index in [0.29, 0.717) is 41.4 Å². The lowest BCUT2D eigenvalue weighted by Gasteiger charge is -2.38. The van der Waals surface area contributed by atoms with Gasteiger partial charge in [0.25, 0.3) is 10.0 Å². The van der Waals surface area contributed by atoms with Gasteiger partial charge in [0.05, 0.1) is 34.5 Å². The summed E-state index contributed by atoms with van der Waals surface area (Å²) in [6, 6.07) is 8.78. The molecule has 0 amide bonds. The van der Waals surface area contributed by atoms with Crippen LogP contribution in [-0.2, 0) is 25.7 Å². The number of carbonyl (C=O) groups is 1. The zero-order valence-electron chi connectivity index (χ0n) is 17.5. The number of rotatable bonds is 8. The third-order valence-corrected chi connectivity index (χ3v) is 7.47. The molecule has 1 unspecified atom stereocenters. The van der Waals surface area contributed by atoms with E-state index in [0.717, 1.165) is 22.5 Å². The van der Waals surface area contributed by atoms with Crippen molar-refractivity contribution < 1.29 is 36.2 Å². The Morgan fingerprint density at radius 2 is 1.91 bits per heavy atom. The number of sulfonamides is 1. The second-order valence-corrected chi connectivity index (χ2v) is 10.3. The van der Waals surface area contributed by atoms with Crippen LogP contribution >= 0.6 is 15.9 Å². The van der Waals surface area contributed by atoms with Gasteiger partial charge >= 0.3 is 12.1 Å². The maximum atomic E-state index is 13.3. The highest BCUT2D eigenvalue weighted by molar-refractivity contribution is 9.10. The molecule has 1 atom stereocenters. The molecule has 0 radical (unpaired) electrons. The Kier molecular flexibility index (Phi) is 7.59. The highest BCUT2D eigenvalue weighted by Gasteiger charge is 2.35. The second kappa shape index (κ2) is 9.90. The molecule has 7 nitrogen and oxygen atoms in total.